The van der Waals surface area contributed by atoms with E-state index in [1.165, 1.54) is 0 Å². The van der Waals surface area contributed by atoms with E-state index >= 15 is 0 Å². The van der Waals surface area contributed by atoms with Crippen LogP contribution in [0.1, 0.15) is 33.6 Å². The molecule has 1 heterocycles. The Bertz CT molecular complexity index is 926. The molecular formula is C21H19N3O2. The summed E-state index contributed by atoms with van der Waals surface area (Å²) in [4.78, 5) is 24.6. The Morgan fingerprint density at radius 3 is 2.27 bits per heavy atom. The average molecular weight is 345 g/mol. The molecule has 26 heavy (non-hydrogen) atoms. The fourth-order valence-electron chi connectivity index (χ4n) is 2.73. The van der Waals surface area contributed by atoms with Crippen LogP contribution in [-0.4, -0.2) is 22.4 Å². The smallest absolute Gasteiger partial charge is 0.255 e. The van der Waals surface area contributed by atoms with Gasteiger partial charge in [-0.3, -0.25) is 9.59 Å². The zero-order valence-corrected chi connectivity index (χ0v) is 14.2. The molecule has 0 spiro atoms. The second-order valence-electron chi connectivity index (χ2n) is 6.42. The van der Waals surface area contributed by atoms with Crippen molar-refractivity contribution < 1.29 is 9.59 Å². The summed E-state index contributed by atoms with van der Waals surface area (Å²) in [6.07, 6.45) is 5.99. The van der Waals surface area contributed by atoms with E-state index in [9.17, 15) is 9.59 Å². The Morgan fingerprint density at radius 1 is 0.846 bits per heavy atom. The number of anilines is 1. The summed E-state index contributed by atoms with van der Waals surface area (Å²) in [5.41, 5.74) is 2.71. The lowest BCUT2D eigenvalue weighted by atomic mass is 10.1. The molecule has 0 unspecified atom stereocenters. The highest BCUT2D eigenvalue weighted by Gasteiger charge is 2.23. The number of aromatic nitrogens is 1. The van der Waals surface area contributed by atoms with E-state index in [4.69, 9.17) is 0 Å². The van der Waals surface area contributed by atoms with Gasteiger partial charge in [-0.15, -0.1) is 0 Å². The molecule has 130 valence electrons. The number of carbonyl (C=O) groups excluding carboxylic acids is 2. The van der Waals surface area contributed by atoms with Gasteiger partial charge in [0.2, 0.25) is 0 Å². The van der Waals surface area contributed by atoms with Crippen molar-refractivity contribution in [3.05, 3.63) is 84.2 Å². The van der Waals surface area contributed by atoms with Crippen molar-refractivity contribution in [2.45, 2.75) is 18.9 Å². The maximum Gasteiger partial charge on any atom is 0.255 e. The molecule has 1 saturated carbocycles. The lowest BCUT2D eigenvalue weighted by molar-refractivity contribution is 0.0949. The zero-order chi connectivity index (χ0) is 17.9. The maximum atomic E-state index is 12.5. The van der Waals surface area contributed by atoms with Crippen LogP contribution in [0.3, 0.4) is 0 Å². The van der Waals surface area contributed by atoms with Crippen LogP contribution >= 0.6 is 0 Å². The fourth-order valence-corrected chi connectivity index (χ4v) is 2.73. The molecule has 5 nitrogen and oxygen atoms in total. The molecule has 2 amide bonds. The highest BCUT2D eigenvalue weighted by Crippen LogP contribution is 2.20. The number of amides is 2. The molecule has 5 heteroatoms. The minimum atomic E-state index is -0.205. The monoisotopic (exact) mass is 345 g/mol. The number of nitrogens with zero attached hydrogens (tertiary/aromatic N) is 1. The van der Waals surface area contributed by atoms with Gasteiger partial charge in [0, 0.05) is 40.9 Å². The summed E-state index contributed by atoms with van der Waals surface area (Å²) >= 11 is 0. The van der Waals surface area contributed by atoms with E-state index in [2.05, 4.69) is 10.6 Å². The van der Waals surface area contributed by atoms with E-state index < -0.39 is 0 Å². The Kier molecular flexibility index (Phi) is 4.27. The number of hydrogen-bond donors (Lipinski definition) is 2. The van der Waals surface area contributed by atoms with Gasteiger partial charge in [-0.25, -0.2) is 0 Å². The molecule has 1 aromatic heterocycles. The summed E-state index contributed by atoms with van der Waals surface area (Å²) in [6.45, 7) is 0. The van der Waals surface area contributed by atoms with Crippen LogP contribution in [0, 0.1) is 0 Å². The van der Waals surface area contributed by atoms with Crippen LogP contribution in [0.5, 0.6) is 0 Å². The molecule has 0 atom stereocenters. The van der Waals surface area contributed by atoms with Crippen molar-refractivity contribution in [1.29, 1.82) is 0 Å². The first-order valence-corrected chi connectivity index (χ1v) is 8.65. The summed E-state index contributed by atoms with van der Waals surface area (Å²) in [7, 11) is 0. The van der Waals surface area contributed by atoms with Crippen LogP contribution in [0.4, 0.5) is 5.69 Å². The van der Waals surface area contributed by atoms with Crippen molar-refractivity contribution in [1.82, 2.24) is 9.88 Å². The lowest BCUT2D eigenvalue weighted by Gasteiger charge is -2.09. The third-order valence-electron chi connectivity index (χ3n) is 4.33. The van der Waals surface area contributed by atoms with E-state index in [1.54, 1.807) is 36.4 Å². The van der Waals surface area contributed by atoms with Crippen LogP contribution < -0.4 is 10.6 Å². The molecule has 0 bridgehead atoms. The maximum absolute atomic E-state index is 12.5. The summed E-state index contributed by atoms with van der Waals surface area (Å²) in [5, 5.41) is 5.80. The Hall–Kier alpha value is -3.34. The Morgan fingerprint density at radius 2 is 1.58 bits per heavy atom. The normalized spacial score (nSPS) is 13.2. The van der Waals surface area contributed by atoms with Crippen molar-refractivity contribution in [2.24, 2.45) is 0 Å². The van der Waals surface area contributed by atoms with Crippen molar-refractivity contribution in [2.75, 3.05) is 5.32 Å². The average Bonchev–Trinajstić information content (AvgIpc) is 3.31. The van der Waals surface area contributed by atoms with Crippen LogP contribution in [0.2, 0.25) is 0 Å². The quantitative estimate of drug-likeness (QED) is 0.742. The van der Waals surface area contributed by atoms with E-state index in [0.29, 0.717) is 22.9 Å². The molecule has 2 aromatic carbocycles. The highest BCUT2D eigenvalue weighted by molar-refractivity contribution is 6.05. The van der Waals surface area contributed by atoms with Crippen LogP contribution in [0.25, 0.3) is 5.69 Å². The van der Waals surface area contributed by atoms with Crippen LogP contribution in [0.15, 0.2) is 73.1 Å². The number of nitrogens with one attached hydrogen (secondary N) is 2. The molecule has 1 aliphatic carbocycles. The topological polar surface area (TPSA) is 63.1 Å². The van der Waals surface area contributed by atoms with Gasteiger partial charge in [0.05, 0.1) is 0 Å². The predicted octanol–water partition coefficient (Wildman–Crippen LogP) is 3.62. The minimum Gasteiger partial charge on any atom is -0.349 e. The Labute approximate surface area is 151 Å². The van der Waals surface area contributed by atoms with E-state index in [0.717, 1.165) is 18.5 Å². The predicted molar refractivity (Wildman–Crippen MR) is 101 cm³/mol. The van der Waals surface area contributed by atoms with Gasteiger partial charge >= 0.3 is 0 Å². The van der Waals surface area contributed by atoms with Gasteiger partial charge in [0.15, 0.2) is 0 Å². The van der Waals surface area contributed by atoms with Crippen molar-refractivity contribution in [3.8, 4) is 5.69 Å². The molecule has 0 radical (unpaired) electrons. The molecular weight excluding hydrogens is 326 g/mol. The molecule has 3 aromatic rings. The summed E-state index contributed by atoms with van der Waals surface area (Å²) < 4.78 is 1.98. The molecule has 1 aliphatic rings. The third-order valence-corrected chi connectivity index (χ3v) is 4.33. The first-order chi connectivity index (χ1) is 12.7. The van der Waals surface area contributed by atoms with Gasteiger partial charge < -0.3 is 15.2 Å². The molecule has 2 N–H and O–H groups in total. The lowest BCUT2D eigenvalue weighted by Crippen LogP contribution is -2.25. The minimum absolute atomic E-state index is 0.0975. The highest BCUT2D eigenvalue weighted by atomic mass is 16.2. The van der Waals surface area contributed by atoms with Crippen molar-refractivity contribution in [3.63, 3.8) is 0 Å². The number of benzene rings is 2. The largest absolute Gasteiger partial charge is 0.349 e. The fraction of sp³-hybridized carbons (Fsp3) is 0.143. The third kappa shape index (κ3) is 3.67. The SMILES string of the molecule is O=C(Nc1cccc(C(=O)NC2CC2)c1)c1ccc(-n2cccc2)cc1. The second-order valence-corrected chi connectivity index (χ2v) is 6.42. The zero-order valence-electron chi connectivity index (χ0n) is 14.2. The number of hydrogen-bond acceptors (Lipinski definition) is 2. The van der Waals surface area contributed by atoms with Gasteiger partial charge in [-0.2, -0.15) is 0 Å². The summed E-state index contributed by atoms with van der Waals surface area (Å²) in [6, 6.07) is 18.6. The Balaban J connectivity index is 1.45. The molecule has 1 fully saturated rings. The second kappa shape index (κ2) is 6.88. The molecule has 0 saturated heterocycles. The standard InChI is InChI=1S/C21H19N3O2/c25-20(15-6-10-19(11-7-15)24-12-1-2-13-24)23-18-5-3-4-16(14-18)21(26)22-17-8-9-17/h1-7,10-14,17H,8-9H2,(H,22,26)(H,23,25). The number of carbonyl (C=O) groups is 2. The number of rotatable bonds is 5. The van der Waals surface area contributed by atoms with Gasteiger partial charge in [0.1, 0.15) is 0 Å². The van der Waals surface area contributed by atoms with E-state index in [1.807, 2.05) is 41.2 Å². The summed E-state index contributed by atoms with van der Waals surface area (Å²) in [5.74, 6) is -0.302. The van der Waals surface area contributed by atoms with Gasteiger partial charge in [0.25, 0.3) is 11.8 Å². The van der Waals surface area contributed by atoms with Crippen LogP contribution in [-0.2, 0) is 0 Å². The van der Waals surface area contributed by atoms with Gasteiger partial charge in [-0.1, -0.05) is 6.07 Å². The molecule has 4 rings (SSSR count). The molecule has 0 aliphatic heterocycles. The van der Waals surface area contributed by atoms with Gasteiger partial charge in [-0.05, 0) is 67.4 Å². The van der Waals surface area contributed by atoms with Crippen molar-refractivity contribution >= 4 is 17.5 Å². The first kappa shape index (κ1) is 16.1. The first-order valence-electron chi connectivity index (χ1n) is 8.65. The van der Waals surface area contributed by atoms with E-state index in [-0.39, 0.29) is 11.8 Å².